The van der Waals surface area contributed by atoms with E-state index in [4.69, 9.17) is 0 Å². The topological polar surface area (TPSA) is 40.1 Å². The molecule has 0 spiro atoms. The van der Waals surface area contributed by atoms with Crippen LogP contribution in [0.3, 0.4) is 0 Å². The van der Waals surface area contributed by atoms with Crippen molar-refractivity contribution in [2.24, 2.45) is 0 Å². The fourth-order valence-electron chi connectivity index (χ4n) is 0.908. The third-order valence-corrected chi connectivity index (χ3v) is 2.46. The number of hydrogen-bond donors (Lipinski definition) is 0. The number of hydrogen-bond acceptors (Lipinski definition) is 2. The molecule has 2 atom stereocenters. The Morgan fingerprint density at radius 2 is 2.08 bits per heavy atom. The number of halogens is 1. The van der Waals surface area contributed by atoms with Crippen LogP contribution in [0.15, 0.2) is 24.3 Å². The van der Waals surface area contributed by atoms with Crippen LogP contribution in [0.2, 0.25) is 0 Å². The lowest BCUT2D eigenvalue weighted by molar-refractivity contribution is 0.522. The van der Waals surface area contributed by atoms with Crippen LogP contribution in [-0.2, 0) is 11.1 Å². The molecule has 2 unspecified atom stereocenters. The molecule has 0 heterocycles. The molecule has 0 bridgehead atoms. The van der Waals surface area contributed by atoms with Gasteiger partial charge in [0.2, 0.25) is 0 Å². The molecule has 0 saturated carbocycles. The molecule has 0 aliphatic carbocycles. The third kappa shape index (κ3) is 1.89. The van der Waals surface area contributed by atoms with E-state index in [1.54, 1.807) is 6.07 Å². The van der Waals surface area contributed by atoms with Gasteiger partial charge in [-0.3, -0.25) is 4.21 Å². The Morgan fingerprint density at radius 3 is 2.58 bits per heavy atom. The fraction of sp³-hybridized carbons (Fsp3) is 0.250. The van der Waals surface area contributed by atoms with E-state index in [9.17, 15) is 13.2 Å². The van der Waals surface area contributed by atoms with E-state index < -0.39 is 22.1 Å². The predicted octanol–water partition coefficient (Wildman–Crippen LogP) is 1.77. The molecule has 1 aromatic carbocycles. The van der Waals surface area contributed by atoms with Gasteiger partial charge in [0, 0.05) is 10.8 Å². The Morgan fingerprint density at radius 1 is 1.50 bits per heavy atom. The van der Waals surface area contributed by atoms with Gasteiger partial charge in [0.1, 0.15) is 5.82 Å². The van der Waals surface area contributed by atoms with Crippen LogP contribution in [0.4, 0.5) is 4.39 Å². The highest BCUT2D eigenvalue weighted by Crippen LogP contribution is 2.20. The van der Waals surface area contributed by atoms with Crippen molar-refractivity contribution in [3.8, 4) is 0 Å². The summed E-state index contributed by atoms with van der Waals surface area (Å²) in [6.07, 6.45) is 0. The second kappa shape index (κ2) is 3.78. The van der Waals surface area contributed by atoms with E-state index in [-0.39, 0.29) is 5.56 Å². The molecule has 0 N–H and O–H groups in total. The second-order valence-corrected chi connectivity index (χ2v) is 3.65. The Bertz CT molecular complexity index is 301. The van der Waals surface area contributed by atoms with Crippen LogP contribution in [0, 0.1) is 5.82 Å². The maximum Gasteiger partial charge on any atom is 0.127 e. The van der Waals surface area contributed by atoms with Crippen molar-refractivity contribution in [1.82, 2.24) is 0 Å². The third-order valence-electron chi connectivity index (χ3n) is 1.63. The van der Waals surface area contributed by atoms with Gasteiger partial charge >= 0.3 is 0 Å². The Balaban J connectivity index is 3.02. The van der Waals surface area contributed by atoms with E-state index in [1.807, 2.05) is 0 Å². The van der Waals surface area contributed by atoms with E-state index in [1.165, 1.54) is 25.1 Å². The molecule has 0 fully saturated rings. The average molecular weight is 187 g/mol. The van der Waals surface area contributed by atoms with Crippen LogP contribution in [-0.4, -0.2) is 8.76 Å². The molecule has 0 aliphatic heterocycles. The quantitative estimate of drug-likeness (QED) is 0.662. The van der Waals surface area contributed by atoms with Crippen LogP contribution in [0.25, 0.3) is 0 Å². The van der Waals surface area contributed by atoms with Crippen LogP contribution < -0.4 is 0 Å². The Kier molecular flexibility index (Phi) is 2.94. The van der Waals surface area contributed by atoms with Crippen molar-refractivity contribution in [2.75, 3.05) is 0 Å². The van der Waals surface area contributed by atoms with Crippen molar-refractivity contribution in [3.63, 3.8) is 0 Å². The average Bonchev–Trinajstić information content (AvgIpc) is 2.04. The SMILES string of the molecule is CC(c1ccccc1F)S(=O)[O-]. The largest absolute Gasteiger partial charge is 0.772 e. The van der Waals surface area contributed by atoms with Gasteiger partial charge in [-0.2, -0.15) is 0 Å². The molecule has 0 aromatic heterocycles. The van der Waals surface area contributed by atoms with Gasteiger partial charge in [-0.15, -0.1) is 0 Å². The van der Waals surface area contributed by atoms with Crippen molar-refractivity contribution >= 4 is 11.1 Å². The van der Waals surface area contributed by atoms with E-state index in [0.717, 1.165) is 0 Å². The summed E-state index contributed by atoms with van der Waals surface area (Å²) in [7, 11) is 0. The monoisotopic (exact) mass is 187 g/mol. The second-order valence-electron chi connectivity index (χ2n) is 2.42. The predicted molar refractivity (Wildman–Crippen MR) is 43.7 cm³/mol. The Hall–Kier alpha value is -0.740. The molecule has 4 heteroatoms. The molecular formula is C8H8FO2S-. The summed E-state index contributed by atoms with van der Waals surface area (Å²) in [5.41, 5.74) is 0.214. The zero-order chi connectivity index (χ0) is 9.14. The highest BCUT2D eigenvalue weighted by molar-refractivity contribution is 7.79. The molecule has 0 amide bonds. The first-order valence-corrected chi connectivity index (χ1v) is 4.59. The van der Waals surface area contributed by atoms with Crippen LogP contribution in [0.5, 0.6) is 0 Å². The van der Waals surface area contributed by atoms with Gasteiger partial charge in [0.25, 0.3) is 0 Å². The van der Waals surface area contributed by atoms with Crippen molar-refractivity contribution < 1.29 is 13.2 Å². The van der Waals surface area contributed by atoms with Crippen LogP contribution >= 0.6 is 0 Å². The normalized spacial score (nSPS) is 15.6. The lowest BCUT2D eigenvalue weighted by Crippen LogP contribution is -2.03. The van der Waals surface area contributed by atoms with Gasteiger partial charge in [-0.25, -0.2) is 4.39 Å². The lowest BCUT2D eigenvalue weighted by Gasteiger charge is -2.15. The minimum Gasteiger partial charge on any atom is -0.772 e. The summed E-state index contributed by atoms with van der Waals surface area (Å²) in [4.78, 5) is 0. The molecule has 2 nitrogen and oxygen atoms in total. The van der Waals surface area contributed by atoms with Gasteiger partial charge in [0.05, 0.1) is 0 Å². The van der Waals surface area contributed by atoms with E-state index >= 15 is 0 Å². The molecule has 0 radical (unpaired) electrons. The molecular weight excluding hydrogens is 179 g/mol. The first-order valence-electron chi connectivity index (χ1n) is 3.45. The van der Waals surface area contributed by atoms with Crippen molar-refractivity contribution in [1.29, 1.82) is 0 Å². The molecule has 66 valence electrons. The first kappa shape index (κ1) is 9.35. The highest BCUT2D eigenvalue weighted by Gasteiger charge is 2.09. The zero-order valence-corrected chi connectivity index (χ0v) is 7.31. The molecule has 1 rings (SSSR count). The summed E-state index contributed by atoms with van der Waals surface area (Å²) in [5, 5.41) is -0.786. The summed E-state index contributed by atoms with van der Waals surface area (Å²) >= 11 is -2.26. The van der Waals surface area contributed by atoms with Gasteiger partial charge < -0.3 is 4.55 Å². The van der Waals surface area contributed by atoms with Gasteiger partial charge in [-0.1, -0.05) is 18.2 Å². The highest BCUT2D eigenvalue weighted by atomic mass is 32.2. The molecule has 1 aromatic rings. The lowest BCUT2D eigenvalue weighted by atomic mass is 10.1. The standard InChI is InChI=1S/C8H9FO2S/c1-6(12(10)11)7-4-2-3-5-8(7)9/h2-6H,1H3,(H,10,11)/p-1. The van der Waals surface area contributed by atoms with Crippen molar-refractivity contribution in [3.05, 3.63) is 35.6 Å². The maximum atomic E-state index is 12.9. The molecule has 0 saturated heterocycles. The van der Waals surface area contributed by atoms with Crippen LogP contribution in [0.1, 0.15) is 17.7 Å². The minimum absolute atomic E-state index is 0.214. The smallest absolute Gasteiger partial charge is 0.127 e. The summed E-state index contributed by atoms with van der Waals surface area (Å²) in [5.74, 6) is -0.478. The Labute approximate surface area is 72.7 Å². The van der Waals surface area contributed by atoms with Gasteiger partial charge in [-0.05, 0) is 24.1 Å². The summed E-state index contributed by atoms with van der Waals surface area (Å²) in [6.45, 7) is 1.45. The summed E-state index contributed by atoms with van der Waals surface area (Å²) in [6, 6.07) is 5.86. The molecule has 12 heavy (non-hydrogen) atoms. The minimum atomic E-state index is -2.26. The zero-order valence-electron chi connectivity index (χ0n) is 6.49. The summed E-state index contributed by atoms with van der Waals surface area (Å²) < 4.78 is 33.9. The number of rotatable bonds is 2. The maximum absolute atomic E-state index is 12.9. The van der Waals surface area contributed by atoms with E-state index in [2.05, 4.69) is 0 Å². The molecule has 0 aliphatic rings. The van der Waals surface area contributed by atoms with Gasteiger partial charge in [0.15, 0.2) is 0 Å². The number of benzene rings is 1. The fourth-order valence-corrected chi connectivity index (χ4v) is 1.31. The van der Waals surface area contributed by atoms with E-state index in [0.29, 0.717) is 0 Å². The first-order chi connectivity index (χ1) is 5.63. The van der Waals surface area contributed by atoms with Crippen molar-refractivity contribution in [2.45, 2.75) is 12.2 Å².